The van der Waals surface area contributed by atoms with Crippen LogP contribution in [0.5, 0.6) is 0 Å². The highest BCUT2D eigenvalue weighted by Crippen LogP contribution is 2.19. The Balaban J connectivity index is 3.06. The Labute approximate surface area is 368 Å². The second kappa shape index (κ2) is 54.5. The average molecular weight is 818 g/mol. The molecule has 0 bridgehead atoms. The first kappa shape index (κ1) is 57.5. The summed E-state index contributed by atoms with van der Waals surface area (Å²) >= 11 is 0. The molecule has 0 aromatic carbocycles. The zero-order chi connectivity index (χ0) is 41.8. The minimum atomic E-state index is -0.0577. The summed E-state index contributed by atoms with van der Waals surface area (Å²) in [6.45, 7) is 2.31. The highest BCUT2D eigenvalue weighted by Gasteiger charge is 2.01. The van der Waals surface area contributed by atoms with Crippen LogP contribution in [0.4, 0.5) is 0 Å². The van der Waals surface area contributed by atoms with Crippen molar-refractivity contribution in [3.05, 3.63) is 0 Å². The average Bonchev–Trinajstić information content (AvgIpc) is 3.24. The Morgan fingerprint density at radius 1 is 0.224 bits per heavy atom. The lowest BCUT2D eigenvalue weighted by atomic mass is 10.0. The van der Waals surface area contributed by atoms with Crippen LogP contribution in [0.1, 0.15) is 347 Å². The van der Waals surface area contributed by atoms with E-state index in [0.29, 0.717) is 6.42 Å². The van der Waals surface area contributed by atoms with Crippen LogP contribution in [0.3, 0.4) is 0 Å². The third-order valence-corrected chi connectivity index (χ3v) is 13.5. The molecule has 0 amide bonds. The van der Waals surface area contributed by atoms with Crippen LogP contribution in [0.2, 0.25) is 0 Å². The predicted molar refractivity (Wildman–Crippen MR) is 262 cm³/mol. The largest absolute Gasteiger partial charge is 0.469 e. The Kier molecular flexibility index (Phi) is 54.0. The van der Waals surface area contributed by atoms with Gasteiger partial charge in [0.1, 0.15) is 0 Å². The number of carbonyl (C=O) groups excluding carboxylic acids is 1. The van der Waals surface area contributed by atoms with Crippen LogP contribution < -0.4 is 0 Å². The van der Waals surface area contributed by atoms with Crippen LogP contribution in [-0.2, 0) is 9.53 Å². The summed E-state index contributed by atoms with van der Waals surface area (Å²) in [6, 6.07) is 0. The van der Waals surface area contributed by atoms with E-state index in [2.05, 4.69) is 6.92 Å². The van der Waals surface area contributed by atoms with Gasteiger partial charge in [-0.3, -0.25) is 4.79 Å². The maximum Gasteiger partial charge on any atom is 0.305 e. The van der Waals surface area contributed by atoms with Crippen molar-refractivity contribution in [3.63, 3.8) is 0 Å². The Hall–Kier alpha value is -0.530. The van der Waals surface area contributed by atoms with Gasteiger partial charge in [-0.15, -0.1) is 0 Å². The van der Waals surface area contributed by atoms with E-state index < -0.39 is 0 Å². The Morgan fingerprint density at radius 3 is 0.466 bits per heavy atom. The van der Waals surface area contributed by atoms with E-state index in [-0.39, 0.29) is 5.97 Å². The third kappa shape index (κ3) is 53.5. The minimum Gasteiger partial charge on any atom is -0.469 e. The van der Waals surface area contributed by atoms with Crippen LogP contribution >= 0.6 is 0 Å². The molecule has 58 heavy (non-hydrogen) atoms. The minimum absolute atomic E-state index is 0.0577. The molecule has 0 fully saturated rings. The molecule has 0 aliphatic carbocycles. The van der Waals surface area contributed by atoms with Gasteiger partial charge < -0.3 is 4.74 Å². The monoisotopic (exact) mass is 817 g/mol. The first-order valence-corrected chi connectivity index (χ1v) is 27.9. The van der Waals surface area contributed by atoms with Gasteiger partial charge in [-0.1, -0.05) is 334 Å². The first-order valence-electron chi connectivity index (χ1n) is 27.9. The molecule has 2 nitrogen and oxygen atoms in total. The van der Waals surface area contributed by atoms with Gasteiger partial charge in [0.05, 0.1) is 7.11 Å². The molecule has 0 unspecified atom stereocenters. The van der Waals surface area contributed by atoms with Gasteiger partial charge in [0, 0.05) is 6.42 Å². The van der Waals surface area contributed by atoms with E-state index in [1.807, 2.05) is 0 Å². The van der Waals surface area contributed by atoms with Gasteiger partial charge in [0.25, 0.3) is 0 Å². The van der Waals surface area contributed by atoms with Crippen molar-refractivity contribution in [3.8, 4) is 0 Å². The molecule has 0 aromatic heterocycles. The Morgan fingerprint density at radius 2 is 0.345 bits per heavy atom. The maximum atomic E-state index is 11.1. The molecule has 0 aliphatic rings. The molecule has 0 atom stereocenters. The van der Waals surface area contributed by atoms with Gasteiger partial charge in [-0.05, 0) is 6.42 Å². The van der Waals surface area contributed by atoms with Crippen molar-refractivity contribution >= 4 is 5.97 Å². The fourth-order valence-corrected chi connectivity index (χ4v) is 9.28. The number of esters is 1. The van der Waals surface area contributed by atoms with Crippen LogP contribution in [0.25, 0.3) is 0 Å². The zero-order valence-corrected chi connectivity index (χ0v) is 40.8. The fourth-order valence-electron chi connectivity index (χ4n) is 9.28. The highest BCUT2D eigenvalue weighted by molar-refractivity contribution is 5.68. The molecule has 0 rings (SSSR count). The summed E-state index contributed by atoms with van der Waals surface area (Å²) < 4.78 is 4.70. The normalized spacial score (nSPS) is 11.6. The van der Waals surface area contributed by atoms with E-state index in [4.69, 9.17) is 4.74 Å². The van der Waals surface area contributed by atoms with E-state index >= 15 is 0 Å². The second-order valence-electron chi connectivity index (χ2n) is 19.4. The molecule has 0 aromatic rings. The number of hydrogen-bond donors (Lipinski definition) is 0. The van der Waals surface area contributed by atoms with Crippen molar-refractivity contribution in [2.45, 2.75) is 347 Å². The van der Waals surface area contributed by atoms with Gasteiger partial charge in [-0.25, -0.2) is 0 Å². The number of rotatable bonds is 53. The SMILES string of the molecule is CCCCCCCCCCCCCCCCCCCCCCCCCCCCCCCCCCCCCCCCCCCCCCCCCCCCCCC(=O)OC. The number of ether oxygens (including phenoxy) is 1. The van der Waals surface area contributed by atoms with E-state index in [9.17, 15) is 4.79 Å². The fraction of sp³-hybridized carbons (Fsp3) is 0.982. The summed E-state index contributed by atoms with van der Waals surface area (Å²) in [6.07, 6.45) is 76.1. The second-order valence-corrected chi connectivity index (χ2v) is 19.4. The molecular weight excluding hydrogens is 705 g/mol. The van der Waals surface area contributed by atoms with Crippen molar-refractivity contribution in [1.82, 2.24) is 0 Å². The lowest BCUT2D eigenvalue weighted by Crippen LogP contribution is -1.99. The lowest BCUT2D eigenvalue weighted by Gasteiger charge is -2.05. The number of methoxy groups -OCH3 is 1. The zero-order valence-electron chi connectivity index (χ0n) is 40.8. The lowest BCUT2D eigenvalue weighted by molar-refractivity contribution is -0.140. The highest BCUT2D eigenvalue weighted by atomic mass is 16.5. The van der Waals surface area contributed by atoms with E-state index in [1.54, 1.807) is 0 Å². The third-order valence-electron chi connectivity index (χ3n) is 13.5. The smallest absolute Gasteiger partial charge is 0.305 e. The van der Waals surface area contributed by atoms with Crippen LogP contribution in [-0.4, -0.2) is 13.1 Å². The molecule has 0 radical (unpaired) electrons. The van der Waals surface area contributed by atoms with Crippen LogP contribution in [0, 0.1) is 0 Å². The molecule has 0 saturated carbocycles. The van der Waals surface area contributed by atoms with E-state index in [1.165, 1.54) is 335 Å². The molecule has 0 N–H and O–H groups in total. The topological polar surface area (TPSA) is 26.3 Å². The summed E-state index contributed by atoms with van der Waals surface area (Å²) in [5.41, 5.74) is 0. The van der Waals surface area contributed by atoms with Gasteiger partial charge in [0.15, 0.2) is 0 Å². The summed E-state index contributed by atoms with van der Waals surface area (Å²) in [5.74, 6) is -0.0577. The van der Waals surface area contributed by atoms with Gasteiger partial charge >= 0.3 is 5.97 Å². The summed E-state index contributed by atoms with van der Waals surface area (Å²) in [4.78, 5) is 11.1. The molecule has 0 saturated heterocycles. The quantitative estimate of drug-likeness (QED) is 0.0451. The maximum absolute atomic E-state index is 11.1. The molecule has 0 spiro atoms. The molecule has 348 valence electrons. The van der Waals surface area contributed by atoms with Crippen molar-refractivity contribution in [2.24, 2.45) is 0 Å². The number of unbranched alkanes of at least 4 members (excludes halogenated alkanes) is 51. The van der Waals surface area contributed by atoms with Crippen molar-refractivity contribution in [1.29, 1.82) is 0 Å². The van der Waals surface area contributed by atoms with Gasteiger partial charge in [0.2, 0.25) is 0 Å². The van der Waals surface area contributed by atoms with Crippen LogP contribution in [0.15, 0.2) is 0 Å². The van der Waals surface area contributed by atoms with E-state index in [0.717, 1.165) is 6.42 Å². The Bertz CT molecular complexity index is 717. The van der Waals surface area contributed by atoms with Crippen molar-refractivity contribution < 1.29 is 9.53 Å². The van der Waals surface area contributed by atoms with Gasteiger partial charge in [-0.2, -0.15) is 0 Å². The standard InChI is InChI=1S/C56H112O2/c1-3-4-5-6-7-8-9-10-11-12-13-14-15-16-17-18-19-20-21-22-23-24-25-26-27-28-29-30-31-32-33-34-35-36-37-38-39-40-41-42-43-44-45-46-47-48-49-50-51-52-53-54-55-56(57)58-2/h3-55H2,1-2H3. The number of carbonyl (C=O) groups is 1. The predicted octanol–water partition coefficient (Wildman–Crippen LogP) is 20.9. The molecule has 0 aliphatic heterocycles. The molecule has 0 heterocycles. The molecule has 2 heteroatoms. The van der Waals surface area contributed by atoms with Crippen molar-refractivity contribution in [2.75, 3.05) is 7.11 Å². The number of hydrogen-bond acceptors (Lipinski definition) is 2. The summed E-state index contributed by atoms with van der Waals surface area (Å²) in [5, 5.41) is 0. The first-order chi connectivity index (χ1) is 28.8. The summed E-state index contributed by atoms with van der Waals surface area (Å²) in [7, 11) is 1.48. The molecular formula is C56H112O2.